The highest BCUT2D eigenvalue weighted by Crippen LogP contribution is 2.37. The number of nitrogens with zero attached hydrogens (tertiary/aromatic N) is 4. The van der Waals surface area contributed by atoms with Crippen molar-refractivity contribution in [2.75, 3.05) is 0 Å². The molecule has 6 heteroatoms. The molecule has 2 heterocycles. The first-order chi connectivity index (χ1) is 13.4. The standard InChI is InChI=1S/C22H28N4OS/c1-15-13-18(25-27-15)14-28-21-24-23-20(26(21)19-7-5-6-8-19)16-9-11-17(12-10-16)22(2,3)4/h9-13,19H,5-8,14H2,1-4H3. The molecule has 0 radical (unpaired) electrons. The molecular weight excluding hydrogens is 368 g/mol. The SMILES string of the molecule is Cc1cc(CSc2nnc(-c3ccc(C(C)(C)C)cc3)n2C2CCCC2)no1. The van der Waals surface area contributed by atoms with Crippen molar-refractivity contribution in [3.05, 3.63) is 47.3 Å². The van der Waals surface area contributed by atoms with Gasteiger partial charge in [-0.25, -0.2) is 0 Å². The van der Waals surface area contributed by atoms with E-state index < -0.39 is 0 Å². The van der Waals surface area contributed by atoms with Gasteiger partial charge in [-0.1, -0.05) is 74.8 Å². The molecule has 0 bridgehead atoms. The topological polar surface area (TPSA) is 56.7 Å². The van der Waals surface area contributed by atoms with Crippen LogP contribution >= 0.6 is 11.8 Å². The van der Waals surface area contributed by atoms with Gasteiger partial charge in [0.2, 0.25) is 0 Å². The van der Waals surface area contributed by atoms with Gasteiger partial charge in [0.25, 0.3) is 0 Å². The summed E-state index contributed by atoms with van der Waals surface area (Å²) >= 11 is 1.69. The van der Waals surface area contributed by atoms with Crippen LogP contribution in [-0.2, 0) is 11.2 Å². The van der Waals surface area contributed by atoms with Crippen molar-refractivity contribution in [3.63, 3.8) is 0 Å². The summed E-state index contributed by atoms with van der Waals surface area (Å²) in [5, 5.41) is 14.2. The van der Waals surface area contributed by atoms with E-state index in [1.54, 1.807) is 11.8 Å². The number of hydrogen-bond donors (Lipinski definition) is 0. The molecular formula is C22H28N4OS. The molecule has 0 N–H and O–H groups in total. The summed E-state index contributed by atoms with van der Waals surface area (Å²) in [6.07, 6.45) is 4.94. The second-order valence-electron chi connectivity index (χ2n) is 8.66. The van der Waals surface area contributed by atoms with E-state index in [2.05, 4.69) is 65.0 Å². The van der Waals surface area contributed by atoms with E-state index >= 15 is 0 Å². The van der Waals surface area contributed by atoms with Gasteiger partial charge in [-0.15, -0.1) is 10.2 Å². The van der Waals surface area contributed by atoms with E-state index in [-0.39, 0.29) is 5.41 Å². The van der Waals surface area contributed by atoms with Gasteiger partial charge in [0.05, 0.1) is 5.69 Å². The van der Waals surface area contributed by atoms with Gasteiger partial charge in [0, 0.05) is 23.4 Å². The third-order valence-corrected chi connectivity index (χ3v) is 6.37. The molecule has 0 amide bonds. The van der Waals surface area contributed by atoms with Crippen LogP contribution in [0.25, 0.3) is 11.4 Å². The van der Waals surface area contributed by atoms with Gasteiger partial charge in [0.1, 0.15) is 5.76 Å². The normalized spacial score (nSPS) is 15.4. The van der Waals surface area contributed by atoms with Gasteiger partial charge in [0.15, 0.2) is 11.0 Å². The molecule has 0 saturated heterocycles. The van der Waals surface area contributed by atoms with Crippen LogP contribution in [0, 0.1) is 6.92 Å². The lowest BCUT2D eigenvalue weighted by Crippen LogP contribution is -2.11. The second-order valence-corrected chi connectivity index (χ2v) is 9.60. The minimum absolute atomic E-state index is 0.147. The van der Waals surface area contributed by atoms with E-state index in [1.807, 2.05) is 13.0 Å². The molecule has 148 valence electrons. The van der Waals surface area contributed by atoms with Crippen molar-refractivity contribution in [2.45, 2.75) is 75.7 Å². The van der Waals surface area contributed by atoms with E-state index in [1.165, 1.54) is 31.2 Å². The molecule has 5 nitrogen and oxygen atoms in total. The van der Waals surface area contributed by atoms with Crippen LogP contribution in [0.15, 0.2) is 40.0 Å². The zero-order valence-corrected chi connectivity index (χ0v) is 17.9. The molecule has 1 aliphatic carbocycles. The summed E-state index contributed by atoms with van der Waals surface area (Å²) in [7, 11) is 0. The average Bonchev–Trinajstić information content (AvgIpc) is 3.39. The van der Waals surface area contributed by atoms with E-state index in [0.29, 0.717) is 6.04 Å². The van der Waals surface area contributed by atoms with Gasteiger partial charge in [-0.2, -0.15) is 0 Å². The van der Waals surface area contributed by atoms with Crippen LogP contribution in [0.1, 0.15) is 69.5 Å². The highest BCUT2D eigenvalue weighted by molar-refractivity contribution is 7.98. The van der Waals surface area contributed by atoms with Crippen LogP contribution in [-0.4, -0.2) is 19.9 Å². The molecule has 0 unspecified atom stereocenters. The monoisotopic (exact) mass is 396 g/mol. The molecule has 0 spiro atoms. The van der Waals surface area contributed by atoms with Crippen molar-refractivity contribution in [2.24, 2.45) is 0 Å². The fourth-order valence-corrected chi connectivity index (χ4v) is 4.69. The van der Waals surface area contributed by atoms with Crippen LogP contribution in [0.4, 0.5) is 0 Å². The maximum Gasteiger partial charge on any atom is 0.192 e. The summed E-state index contributed by atoms with van der Waals surface area (Å²) in [4.78, 5) is 0. The Morgan fingerprint density at radius 2 is 1.82 bits per heavy atom. The first-order valence-corrected chi connectivity index (χ1v) is 11.0. The second kappa shape index (κ2) is 7.74. The molecule has 28 heavy (non-hydrogen) atoms. The fourth-order valence-electron chi connectivity index (χ4n) is 3.81. The number of thioether (sulfide) groups is 1. The summed E-state index contributed by atoms with van der Waals surface area (Å²) in [6.45, 7) is 8.64. The molecule has 1 fully saturated rings. The largest absolute Gasteiger partial charge is 0.361 e. The lowest BCUT2D eigenvalue weighted by molar-refractivity contribution is 0.393. The number of hydrogen-bond acceptors (Lipinski definition) is 5. The molecule has 1 aliphatic rings. The van der Waals surface area contributed by atoms with Crippen molar-refractivity contribution in [3.8, 4) is 11.4 Å². The summed E-state index contributed by atoms with van der Waals surface area (Å²) in [5.41, 5.74) is 3.56. The third-order valence-electron chi connectivity index (χ3n) is 5.39. The quantitative estimate of drug-likeness (QED) is 0.499. The first kappa shape index (κ1) is 19.2. The maximum absolute atomic E-state index is 5.19. The Morgan fingerprint density at radius 3 is 2.43 bits per heavy atom. The van der Waals surface area contributed by atoms with Gasteiger partial charge >= 0.3 is 0 Å². The predicted octanol–water partition coefficient (Wildman–Crippen LogP) is 5.95. The minimum atomic E-state index is 0.147. The highest BCUT2D eigenvalue weighted by Gasteiger charge is 2.25. The highest BCUT2D eigenvalue weighted by atomic mass is 32.2. The Morgan fingerprint density at radius 1 is 1.11 bits per heavy atom. The van der Waals surface area contributed by atoms with Crippen molar-refractivity contribution in [1.82, 2.24) is 19.9 Å². The molecule has 0 atom stereocenters. The molecule has 2 aromatic heterocycles. The van der Waals surface area contributed by atoms with Crippen LogP contribution in [0.5, 0.6) is 0 Å². The Kier molecular flexibility index (Phi) is 5.32. The molecule has 1 aromatic carbocycles. The minimum Gasteiger partial charge on any atom is -0.361 e. The average molecular weight is 397 g/mol. The predicted molar refractivity (Wildman–Crippen MR) is 112 cm³/mol. The molecule has 4 rings (SSSR count). The van der Waals surface area contributed by atoms with Crippen molar-refractivity contribution >= 4 is 11.8 Å². The molecule has 3 aromatic rings. The number of aromatic nitrogens is 4. The van der Waals surface area contributed by atoms with E-state index in [9.17, 15) is 0 Å². The number of rotatable bonds is 5. The lowest BCUT2D eigenvalue weighted by Gasteiger charge is -2.20. The summed E-state index contributed by atoms with van der Waals surface area (Å²) in [5.74, 6) is 2.56. The lowest BCUT2D eigenvalue weighted by atomic mass is 9.86. The summed E-state index contributed by atoms with van der Waals surface area (Å²) < 4.78 is 7.55. The van der Waals surface area contributed by atoms with Gasteiger partial charge in [-0.05, 0) is 30.7 Å². The van der Waals surface area contributed by atoms with Gasteiger partial charge < -0.3 is 4.52 Å². The molecule has 1 saturated carbocycles. The summed E-state index contributed by atoms with van der Waals surface area (Å²) in [6, 6.07) is 11.3. The third kappa shape index (κ3) is 4.02. The Bertz CT molecular complexity index is 930. The molecule has 0 aliphatic heterocycles. The van der Waals surface area contributed by atoms with Crippen molar-refractivity contribution < 1.29 is 4.52 Å². The zero-order valence-electron chi connectivity index (χ0n) is 17.1. The Labute approximate surface area is 170 Å². The zero-order chi connectivity index (χ0) is 19.7. The first-order valence-electron chi connectivity index (χ1n) is 10.0. The van der Waals surface area contributed by atoms with E-state index in [4.69, 9.17) is 4.52 Å². The van der Waals surface area contributed by atoms with Gasteiger partial charge in [-0.3, -0.25) is 4.57 Å². The Hall–Kier alpha value is -2.08. The number of aryl methyl sites for hydroxylation is 1. The Balaban J connectivity index is 1.64. The smallest absolute Gasteiger partial charge is 0.192 e. The van der Waals surface area contributed by atoms with Crippen LogP contribution < -0.4 is 0 Å². The maximum atomic E-state index is 5.19. The van der Waals surface area contributed by atoms with Crippen molar-refractivity contribution in [1.29, 1.82) is 0 Å². The number of benzene rings is 1. The van der Waals surface area contributed by atoms with Crippen LogP contribution in [0.3, 0.4) is 0 Å². The van der Waals surface area contributed by atoms with Crippen LogP contribution in [0.2, 0.25) is 0 Å². The fraction of sp³-hybridized carbons (Fsp3) is 0.500. The van der Waals surface area contributed by atoms with E-state index in [0.717, 1.165) is 33.8 Å².